The van der Waals surface area contributed by atoms with Gasteiger partial charge in [-0.25, -0.2) is 8.42 Å². The highest BCUT2D eigenvalue weighted by Gasteiger charge is 2.14. The average molecular weight is 230 g/mol. The first-order valence-corrected chi connectivity index (χ1v) is 6.48. The number of ether oxygens (including phenoxy) is 1. The SMILES string of the molecule is COc1ccc(C(O)CS(C)(=O)=O)cc1. The summed E-state index contributed by atoms with van der Waals surface area (Å²) in [5, 5.41) is 9.60. The molecule has 84 valence electrons. The van der Waals surface area contributed by atoms with Crippen molar-refractivity contribution >= 4 is 9.84 Å². The second-order valence-electron chi connectivity index (χ2n) is 3.38. The van der Waals surface area contributed by atoms with E-state index in [1.165, 1.54) is 0 Å². The lowest BCUT2D eigenvalue weighted by Crippen LogP contribution is -2.12. The fraction of sp³-hybridized carbons (Fsp3) is 0.400. The molecular weight excluding hydrogens is 216 g/mol. The van der Waals surface area contributed by atoms with Gasteiger partial charge in [-0.3, -0.25) is 0 Å². The van der Waals surface area contributed by atoms with Crippen LogP contribution in [0.2, 0.25) is 0 Å². The van der Waals surface area contributed by atoms with Gasteiger partial charge in [0.05, 0.1) is 19.0 Å². The second kappa shape index (κ2) is 4.63. The lowest BCUT2D eigenvalue weighted by Gasteiger charge is -2.09. The van der Waals surface area contributed by atoms with E-state index in [9.17, 15) is 13.5 Å². The predicted molar refractivity (Wildman–Crippen MR) is 57.7 cm³/mol. The Morgan fingerprint density at radius 1 is 1.33 bits per heavy atom. The number of sulfone groups is 1. The van der Waals surface area contributed by atoms with E-state index < -0.39 is 15.9 Å². The molecule has 0 aromatic heterocycles. The van der Waals surface area contributed by atoms with Gasteiger partial charge in [-0.2, -0.15) is 0 Å². The molecular formula is C10H14O4S. The second-order valence-corrected chi connectivity index (χ2v) is 5.57. The van der Waals surface area contributed by atoms with Crippen molar-refractivity contribution in [2.45, 2.75) is 6.10 Å². The molecule has 1 N–H and O–H groups in total. The number of aliphatic hydroxyl groups is 1. The monoisotopic (exact) mass is 230 g/mol. The minimum atomic E-state index is -3.17. The van der Waals surface area contributed by atoms with Gasteiger partial charge < -0.3 is 9.84 Å². The molecule has 0 heterocycles. The number of benzene rings is 1. The average Bonchev–Trinajstić information content (AvgIpc) is 2.15. The first-order valence-electron chi connectivity index (χ1n) is 4.42. The van der Waals surface area contributed by atoms with Crippen molar-refractivity contribution < 1.29 is 18.3 Å². The Hall–Kier alpha value is -1.07. The van der Waals surface area contributed by atoms with Gasteiger partial charge in [0.1, 0.15) is 15.6 Å². The lowest BCUT2D eigenvalue weighted by atomic mass is 10.1. The van der Waals surface area contributed by atoms with Gasteiger partial charge in [0.15, 0.2) is 0 Å². The van der Waals surface area contributed by atoms with Gasteiger partial charge in [-0.15, -0.1) is 0 Å². The van der Waals surface area contributed by atoms with Crippen LogP contribution in [0.15, 0.2) is 24.3 Å². The summed E-state index contributed by atoms with van der Waals surface area (Å²) in [4.78, 5) is 0. The van der Waals surface area contributed by atoms with Crippen molar-refractivity contribution in [1.29, 1.82) is 0 Å². The summed E-state index contributed by atoms with van der Waals surface area (Å²) >= 11 is 0. The number of hydrogen-bond donors (Lipinski definition) is 1. The molecule has 1 aromatic rings. The molecule has 4 nitrogen and oxygen atoms in total. The molecule has 0 saturated heterocycles. The zero-order valence-electron chi connectivity index (χ0n) is 8.67. The Morgan fingerprint density at radius 3 is 2.27 bits per heavy atom. The number of aliphatic hydroxyl groups excluding tert-OH is 1. The smallest absolute Gasteiger partial charge is 0.150 e. The standard InChI is InChI=1S/C10H14O4S/c1-14-9-5-3-8(4-6-9)10(11)7-15(2,12)13/h3-6,10-11H,7H2,1-2H3. The summed E-state index contributed by atoms with van der Waals surface area (Å²) in [6, 6.07) is 6.66. The van der Waals surface area contributed by atoms with Crippen molar-refractivity contribution in [3.63, 3.8) is 0 Å². The van der Waals surface area contributed by atoms with Crippen LogP contribution in [0.25, 0.3) is 0 Å². The van der Waals surface area contributed by atoms with E-state index in [1.807, 2.05) is 0 Å². The summed E-state index contributed by atoms with van der Waals surface area (Å²) in [6.07, 6.45) is 0.116. The Labute approximate surface area is 89.4 Å². The van der Waals surface area contributed by atoms with Gasteiger partial charge in [0.25, 0.3) is 0 Å². The molecule has 0 bridgehead atoms. The molecule has 1 rings (SSSR count). The van der Waals surface area contributed by atoms with Gasteiger partial charge >= 0.3 is 0 Å². The van der Waals surface area contributed by atoms with E-state index in [1.54, 1.807) is 31.4 Å². The van der Waals surface area contributed by atoms with Gasteiger partial charge in [0.2, 0.25) is 0 Å². The molecule has 1 atom stereocenters. The zero-order chi connectivity index (χ0) is 11.5. The maximum atomic E-state index is 11.0. The fourth-order valence-corrected chi connectivity index (χ4v) is 1.98. The van der Waals surface area contributed by atoms with E-state index in [0.29, 0.717) is 11.3 Å². The van der Waals surface area contributed by atoms with Crippen molar-refractivity contribution in [3.05, 3.63) is 29.8 Å². The largest absolute Gasteiger partial charge is 0.497 e. The number of rotatable bonds is 4. The van der Waals surface area contributed by atoms with Crippen LogP contribution < -0.4 is 4.74 Å². The fourth-order valence-electron chi connectivity index (χ4n) is 1.21. The predicted octanol–water partition coefficient (Wildman–Crippen LogP) is 0.773. The molecule has 0 saturated carbocycles. The third-order valence-electron chi connectivity index (χ3n) is 1.96. The zero-order valence-corrected chi connectivity index (χ0v) is 9.49. The van der Waals surface area contributed by atoms with Crippen LogP contribution in [-0.2, 0) is 9.84 Å². The van der Waals surface area contributed by atoms with Crippen LogP contribution in [0, 0.1) is 0 Å². The minimum absolute atomic E-state index is 0.265. The molecule has 0 aliphatic carbocycles. The lowest BCUT2D eigenvalue weighted by molar-refractivity contribution is 0.202. The molecule has 0 fully saturated rings. The summed E-state index contributed by atoms with van der Waals surface area (Å²) in [5.41, 5.74) is 0.571. The van der Waals surface area contributed by atoms with E-state index in [0.717, 1.165) is 6.26 Å². The third-order valence-corrected chi connectivity index (χ3v) is 2.88. The molecule has 1 unspecified atom stereocenters. The Balaban J connectivity index is 2.78. The highest BCUT2D eigenvalue weighted by atomic mass is 32.2. The van der Waals surface area contributed by atoms with Crippen molar-refractivity contribution in [1.82, 2.24) is 0 Å². The summed E-state index contributed by atoms with van der Waals surface area (Å²) in [5.74, 6) is 0.407. The summed E-state index contributed by atoms with van der Waals surface area (Å²) in [7, 11) is -1.62. The molecule has 15 heavy (non-hydrogen) atoms. The highest BCUT2D eigenvalue weighted by molar-refractivity contribution is 7.90. The van der Waals surface area contributed by atoms with E-state index >= 15 is 0 Å². The van der Waals surface area contributed by atoms with E-state index in [-0.39, 0.29) is 5.75 Å². The van der Waals surface area contributed by atoms with Crippen LogP contribution in [0.4, 0.5) is 0 Å². The van der Waals surface area contributed by atoms with Crippen LogP contribution in [0.3, 0.4) is 0 Å². The maximum absolute atomic E-state index is 11.0. The summed E-state index contributed by atoms with van der Waals surface area (Å²) in [6.45, 7) is 0. The Morgan fingerprint density at radius 2 is 1.87 bits per heavy atom. The van der Waals surface area contributed by atoms with Gasteiger partial charge in [-0.05, 0) is 17.7 Å². The Kier molecular flexibility index (Phi) is 3.71. The molecule has 0 amide bonds. The topological polar surface area (TPSA) is 63.6 Å². The van der Waals surface area contributed by atoms with Crippen LogP contribution in [-0.4, -0.2) is 32.6 Å². The van der Waals surface area contributed by atoms with Crippen molar-refractivity contribution in [3.8, 4) is 5.75 Å². The van der Waals surface area contributed by atoms with Crippen LogP contribution in [0.5, 0.6) is 5.75 Å². The van der Waals surface area contributed by atoms with Crippen LogP contribution >= 0.6 is 0 Å². The quantitative estimate of drug-likeness (QED) is 0.830. The van der Waals surface area contributed by atoms with Gasteiger partial charge in [-0.1, -0.05) is 12.1 Å². The normalized spacial score (nSPS) is 13.5. The number of methoxy groups -OCH3 is 1. The first kappa shape index (κ1) is 12.0. The summed E-state index contributed by atoms with van der Waals surface area (Å²) < 4.78 is 26.9. The van der Waals surface area contributed by atoms with E-state index in [4.69, 9.17) is 4.74 Å². The van der Waals surface area contributed by atoms with Crippen molar-refractivity contribution in [2.75, 3.05) is 19.1 Å². The molecule has 5 heteroatoms. The highest BCUT2D eigenvalue weighted by Crippen LogP contribution is 2.18. The molecule has 0 radical (unpaired) electrons. The van der Waals surface area contributed by atoms with E-state index in [2.05, 4.69) is 0 Å². The maximum Gasteiger partial charge on any atom is 0.150 e. The molecule has 0 spiro atoms. The van der Waals surface area contributed by atoms with Gasteiger partial charge in [0, 0.05) is 6.26 Å². The first-order chi connectivity index (χ1) is 6.92. The molecule has 0 aliphatic heterocycles. The Bertz CT molecular complexity index is 408. The van der Waals surface area contributed by atoms with Crippen molar-refractivity contribution in [2.24, 2.45) is 0 Å². The number of hydrogen-bond acceptors (Lipinski definition) is 4. The molecule has 1 aromatic carbocycles. The minimum Gasteiger partial charge on any atom is -0.497 e. The van der Waals surface area contributed by atoms with Crippen LogP contribution in [0.1, 0.15) is 11.7 Å². The molecule has 0 aliphatic rings. The third kappa shape index (κ3) is 3.89.